The molecule has 7 heteroatoms. The number of aryl methyl sites for hydroxylation is 1. The van der Waals surface area contributed by atoms with Gasteiger partial charge in [0.25, 0.3) is 5.91 Å². The normalized spacial score (nSPS) is 10.8. The fraction of sp³-hybridized carbons (Fsp3) is 0.192. The van der Waals surface area contributed by atoms with E-state index < -0.39 is 5.97 Å². The van der Waals surface area contributed by atoms with E-state index in [2.05, 4.69) is 22.4 Å². The lowest BCUT2D eigenvalue weighted by Gasteiger charge is -2.06. The molecule has 0 radical (unpaired) electrons. The van der Waals surface area contributed by atoms with Crippen LogP contribution in [0.2, 0.25) is 0 Å². The Morgan fingerprint density at radius 2 is 1.70 bits per heavy atom. The highest BCUT2D eigenvalue weighted by Crippen LogP contribution is 2.23. The van der Waals surface area contributed by atoms with E-state index in [4.69, 9.17) is 9.84 Å². The Hall–Kier alpha value is -4.13. The number of esters is 1. The zero-order valence-electron chi connectivity index (χ0n) is 18.9. The summed E-state index contributed by atoms with van der Waals surface area (Å²) in [5.41, 5.74) is 5.76. The summed E-state index contributed by atoms with van der Waals surface area (Å²) >= 11 is 0. The van der Waals surface area contributed by atoms with Gasteiger partial charge in [0.2, 0.25) is 0 Å². The van der Waals surface area contributed by atoms with Gasteiger partial charge < -0.3 is 15.0 Å². The molecule has 0 aliphatic carbocycles. The van der Waals surface area contributed by atoms with Crippen molar-refractivity contribution in [2.24, 2.45) is 0 Å². The number of hydrogen-bond donors (Lipinski definition) is 2. The number of aromatic nitrogens is 3. The van der Waals surface area contributed by atoms with Crippen molar-refractivity contribution in [3.05, 3.63) is 101 Å². The molecule has 4 aromatic rings. The van der Waals surface area contributed by atoms with Crippen LogP contribution in [0.1, 0.15) is 43.2 Å². The number of nitrogens with one attached hydrogen (secondary N) is 2. The summed E-state index contributed by atoms with van der Waals surface area (Å²) in [6.07, 6.45) is 1.96. The number of aromatic amines is 1. The average Bonchev–Trinajstić information content (AvgIpc) is 3.38. The molecule has 168 valence electrons. The van der Waals surface area contributed by atoms with Crippen molar-refractivity contribution >= 4 is 11.9 Å². The van der Waals surface area contributed by atoms with Gasteiger partial charge in [-0.25, -0.2) is 4.79 Å². The van der Waals surface area contributed by atoms with Crippen LogP contribution in [0, 0.1) is 13.8 Å². The highest BCUT2D eigenvalue weighted by Gasteiger charge is 2.23. The Labute approximate surface area is 192 Å². The van der Waals surface area contributed by atoms with Gasteiger partial charge in [-0.1, -0.05) is 60.7 Å². The van der Waals surface area contributed by atoms with E-state index in [9.17, 15) is 9.59 Å². The van der Waals surface area contributed by atoms with Crippen LogP contribution in [0.5, 0.6) is 0 Å². The molecule has 2 heterocycles. The van der Waals surface area contributed by atoms with E-state index in [1.54, 1.807) is 13.8 Å². The number of rotatable bonds is 7. The molecule has 2 N–H and O–H groups in total. The molecular weight excluding hydrogens is 416 g/mol. The van der Waals surface area contributed by atoms with Gasteiger partial charge in [0.15, 0.2) is 0 Å². The number of carbonyl (C=O) groups excluding carboxylic acids is 2. The van der Waals surface area contributed by atoms with Gasteiger partial charge in [0, 0.05) is 29.6 Å². The molecule has 0 saturated carbocycles. The van der Waals surface area contributed by atoms with Crippen molar-refractivity contribution in [1.82, 2.24) is 20.1 Å². The van der Waals surface area contributed by atoms with Crippen LogP contribution >= 0.6 is 0 Å². The maximum Gasteiger partial charge on any atom is 0.339 e. The molecule has 0 saturated heterocycles. The number of hydrogen-bond acceptors (Lipinski definition) is 4. The number of benzene rings is 2. The second kappa shape index (κ2) is 9.56. The molecule has 0 unspecified atom stereocenters. The maximum absolute atomic E-state index is 12.9. The predicted octanol–water partition coefficient (Wildman–Crippen LogP) is 4.26. The first-order valence-electron chi connectivity index (χ1n) is 10.7. The highest BCUT2D eigenvalue weighted by molar-refractivity contribution is 6.00. The lowest BCUT2D eigenvalue weighted by atomic mass is 10.1. The van der Waals surface area contributed by atoms with Gasteiger partial charge >= 0.3 is 5.97 Å². The number of carbonyl (C=O) groups is 2. The minimum atomic E-state index is -0.464. The first-order valence-corrected chi connectivity index (χ1v) is 10.7. The Bertz CT molecular complexity index is 1270. The zero-order valence-corrected chi connectivity index (χ0v) is 18.9. The number of H-pyrrole nitrogens is 1. The predicted molar refractivity (Wildman–Crippen MR) is 126 cm³/mol. The summed E-state index contributed by atoms with van der Waals surface area (Å²) in [5.74, 6) is -0.755. The average molecular weight is 443 g/mol. The molecule has 7 nitrogen and oxygen atoms in total. The van der Waals surface area contributed by atoms with Gasteiger partial charge in [0.1, 0.15) is 5.69 Å². The van der Waals surface area contributed by atoms with Gasteiger partial charge in [0.05, 0.1) is 24.9 Å². The first kappa shape index (κ1) is 22.1. The summed E-state index contributed by atoms with van der Waals surface area (Å²) in [6.45, 7) is 4.41. The third-order valence-electron chi connectivity index (χ3n) is 5.57. The second-order valence-corrected chi connectivity index (χ2v) is 7.85. The van der Waals surface area contributed by atoms with E-state index in [0.29, 0.717) is 35.6 Å². The SMILES string of the molecule is COC(=O)c1c(C)[nH]c(C(=O)NCc2cn(Cc3ccccc3)nc2-c2ccccc2)c1C. The quantitative estimate of drug-likeness (QED) is 0.419. The van der Waals surface area contributed by atoms with E-state index in [0.717, 1.165) is 22.4 Å². The van der Waals surface area contributed by atoms with Crippen molar-refractivity contribution in [1.29, 1.82) is 0 Å². The standard InChI is InChI=1S/C26H26N4O3/c1-17-22(26(32)33-3)18(2)28-23(17)25(31)27-14-21-16-30(15-19-10-6-4-7-11-19)29-24(21)20-12-8-5-9-13-20/h4-13,16,28H,14-15H2,1-3H3,(H,27,31). The lowest BCUT2D eigenvalue weighted by molar-refractivity contribution is 0.0599. The Morgan fingerprint density at radius 3 is 2.36 bits per heavy atom. The first-order chi connectivity index (χ1) is 16.0. The number of ether oxygens (including phenoxy) is 1. The van der Waals surface area contributed by atoms with Gasteiger partial charge in [-0.15, -0.1) is 0 Å². The van der Waals surface area contributed by atoms with Crippen molar-refractivity contribution in [3.63, 3.8) is 0 Å². The molecule has 4 rings (SSSR count). The molecule has 0 spiro atoms. The van der Waals surface area contributed by atoms with E-state index in [1.807, 2.05) is 59.4 Å². The fourth-order valence-electron chi connectivity index (χ4n) is 3.93. The van der Waals surface area contributed by atoms with Crippen molar-refractivity contribution in [2.75, 3.05) is 7.11 Å². The molecule has 33 heavy (non-hydrogen) atoms. The van der Waals surface area contributed by atoms with Crippen molar-refractivity contribution in [3.8, 4) is 11.3 Å². The molecule has 0 aliphatic rings. The summed E-state index contributed by atoms with van der Waals surface area (Å²) in [6, 6.07) is 20.0. The van der Waals surface area contributed by atoms with E-state index in [1.165, 1.54) is 7.11 Å². The van der Waals surface area contributed by atoms with Crippen LogP contribution in [0.15, 0.2) is 66.9 Å². The van der Waals surface area contributed by atoms with E-state index in [-0.39, 0.29) is 5.91 Å². The fourth-order valence-corrected chi connectivity index (χ4v) is 3.93. The van der Waals surface area contributed by atoms with Crippen LogP contribution in [-0.2, 0) is 17.8 Å². The molecule has 0 atom stereocenters. The van der Waals surface area contributed by atoms with Gasteiger partial charge in [-0.2, -0.15) is 5.10 Å². The summed E-state index contributed by atoms with van der Waals surface area (Å²) in [4.78, 5) is 28.0. The molecule has 0 bridgehead atoms. The Kier molecular flexibility index (Phi) is 6.40. The molecule has 0 aliphatic heterocycles. The van der Waals surface area contributed by atoms with Crippen LogP contribution in [0.25, 0.3) is 11.3 Å². The molecule has 1 amide bonds. The van der Waals surface area contributed by atoms with Gasteiger partial charge in [-0.3, -0.25) is 9.48 Å². The van der Waals surface area contributed by atoms with Crippen LogP contribution in [0.3, 0.4) is 0 Å². The molecular formula is C26H26N4O3. The van der Waals surface area contributed by atoms with Crippen LogP contribution < -0.4 is 5.32 Å². The van der Waals surface area contributed by atoms with Crippen LogP contribution in [-0.4, -0.2) is 33.8 Å². The minimum absolute atomic E-state index is 0.291. The highest BCUT2D eigenvalue weighted by atomic mass is 16.5. The number of amides is 1. The monoisotopic (exact) mass is 442 g/mol. The lowest BCUT2D eigenvalue weighted by Crippen LogP contribution is -2.24. The second-order valence-electron chi connectivity index (χ2n) is 7.85. The Balaban J connectivity index is 1.58. The van der Waals surface area contributed by atoms with Gasteiger partial charge in [-0.05, 0) is 25.0 Å². The molecule has 0 fully saturated rings. The maximum atomic E-state index is 12.9. The third-order valence-corrected chi connectivity index (χ3v) is 5.57. The third kappa shape index (κ3) is 4.72. The largest absolute Gasteiger partial charge is 0.465 e. The summed E-state index contributed by atoms with van der Waals surface area (Å²) < 4.78 is 6.72. The van der Waals surface area contributed by atoms with Crippen molar-refractivity contribution < 1.29 is 14.3 Å². The zero-order chi connectivity index (χ0) is 23.4. The number of methoxy groups -OCH3 is 1. The summed E-state index contributed by atoms with van der Waals surface area (Å²) in [7, 11) is 1.33. The summed E-state index contributed by atoms with van der Waals surface area (Å²) in [5, 5.41) is 7.76. The number of nitrogens with zero attached hydrogens (tertiary/aromatic N) is 2. The minimum Gasteiger partial charge on any atom is -0.465 e. The molecule has 2 aromatic heterocycles. The van der Waals surface area contributed by atoms with Crippen molar-refractivity contribution in [2.45, 2.75) is 26.9 Å². The van der Waals surface area contributed by atoms with Crippen LogP contribution in [0.4, 0.5) is 0 Å². The topological polar surface area (TPSA) is 89.0 Å². The smallest absolute Gasteiger partial charge is 0.339 e. The van der Waals surface area contributed by atoms with E-state index >= 15 is 0 Å². The molecule has 2 aromatic carbocycles. The Morgan fingerprint density at radius 1 is 1.03 bits per heavy atom.